The molecule has 0 radical (unpaired) electrons. The van der Waals surface area contributed by atoms with Gasteiger partial charge in [0.2, 0.25) is 0 Å². The number of hydrogen-bond acceptors (Lipinski definition) is 4. The second-order valence-corrected chi connectivity index (χ2v) is 4.68. The van der Waals surface area contributed by atoms with Crippen molar-refractivity contribution in [2.75, 3.05) is 0 Å². The third-order valence-corrected chi connectivity index (χ3v) is 3.59. The van der Waals surface area contributed by atoms with Gasteiger partial charge in [0.1, 0.15) is 5.52 Å². The van der Waals surface area contributed by atoms with Crippen molar-refractivity contribution in [1.82, 2.24) is 9.97 Å². The van der Waals surface area contributed by atoms with Gasteiger partial charge in [-0.05, 0) is 12.1 Å². The molecule has 0 amide bonds. The summed E-state index contributed by atoms with van der Waals surface area (Å²) in [5.74, 6) is -0.978. The van der Waals surface area contributed by atoms with E-state index in [2.05, 4.69) is 9.97 Å². The maximum atomic E-state index is 10.9. The van der Waals surface area contributed by atoms with Gasteiger partial charge in [0.05, 0.1) is 21.3 Å². The van der Waals surface area contributed by atoms with Crippen molar-refractivity contribution in [3.63, 3.8) is 0 Å². The third kappa shape index (κ3) is 1.55. The van der Waals surface area contributed by atoms with E-state index in [1.54, 1.807) is 17.6 Å². The van der Waals surface area contributed by atoms with Crippen LogP contribution in [0.15, 0.2) is 23.7 Å². The Morgan fingerprint density at radius 3 is 3.00 bits per heavy atom. The Balaban J connectivity index is 2.45. The maximum Gasteiger partial charge on any atom is 0.335 e. The molecule has 0 bridgehead atoms. The summed E-state index contributed by atoms with van der Waals surface area (Å²) in [5, 5.41) is 10.1. The molecule has 0 spiro atoms. The van der Waals surface area contributed by atoms with Gasteiger partial charge < -0.3 is 5.11 Å². The molecule has 4 nitrogen and oxygen atoms in total. The standard InChI is InChI=1S/C11H5ClN2O2S/c12-10-8-9(17-4-13-8)6-2-1-5(11(15)16)3-7(6)14-10/h1-4H,(H,15,16). The van der Waals surface area contributed by atoms with Crippen molar-refractivity contribution in [3.05, 3.63) is 34.4 Å². The molecule has 2 aromatic heterocycles. The minimum atomic E-state index is -0.978. The molecule has 0 saturated carbocycles. The molecule has 0 saturated heterocycles. The largest absolute Gasteiger partial charge is 0.478 e. The SMILES string of the molecule is O=C(O)c1ccc2c(c1)nc(Cl)c1ncsc12. The number of carbonyl (C=O) groups is 1. The van der Waals surface area contributed by atoms with Crippen molar-refractivity contribution in [2.45, 2.75) is 0 Å². The van der Waals surface area contributed by atoms with E-state index in [9.17, 15) is 4.79 Å². The van der Waals surface area contributed by atoms with Crippen LogP contribution < -0.4 is 0 Å². The van der Waals surface area contributed by atoms with E-state index in [1.807, 2.05) is 0 Å². The van der Waals surface area contributed by atoms with Gasteiger partial charge in [-0.3, -0.25) is 0 Å². The molecule has 1 aromatic carbocycles. The van der Waals surface area contributed by atoms with Crippen LogP contribution in [-0.4, -0.2) is 21.0 Å². The molecule has 2 heterocycles. The summed E-state index contributed by atoms with van der Waals surface area (Å²) < 4.78 is 0.928. The lowest BCUT2D eigenvalue weighted by Crippen LogP contribution is -1.96. The van der Waals surface area contributed by atoms with E-state index in [1.165, 1.54) is 17.4 Å². The number of halogens is 1. The number of pyridine rings is 1. The molecule has 17 heavy (non-hydrogen) atoms. The molecular weight excluding hydrogens is 260 g/mol. The quantitative estimate of drug-likeness (QED) is 0.686. The number of hydrogen-bond donors (Lipinski definition) is 1. The van der Waals surface area contributed by atoms with Gasteiger partial charge in [-0.2, -0.15) is 0 Å². The predicted molar refractivity (Wildman–Crippen MR) is 66.9 cm³/mol. The van der Waals surface area contributed by atoms with Crippen molar-refractivity contribution in [3.8, 4) is 0 Å². The van der Waals surface area contributed by atoms with Crippen LogP contribution in [0.4, 0.5) is 0 Å². The monoisotopic (exact) mass is 264 g/mol. The molecule has 3 aromatic rings. The number of carboxylic acid groups (broad SMARTS) is 1. The lowest BCUT2D eigenvalue weighted by atomic mass is 10.1. The molecule has 3 rings (SSSR count). The molecule has 0 unspecified atom stereocenters. The first kappa shape index (κ1) is 10.4. The summed E-state index contributed by atoms with van der Waals surface area (Å²) in [5.41, 5.74) is 3.13. The number of rotatable bonds is 1. The number of aromatic nitrogens is 2. The predicted octanol–water partition coefficient (Wildman–Crippen LogP) is 3.20. The summed E-state index contributed by atoms with van der Waals surface area (Å²) in [6, 6.07) is 4.81. The smallest absolute Gasteiger partial charge is 0.335 e. The average Bonchev–Trinajstić information content (AvgIpc) is 2.78. The van der Waals surface area contributed by atoms with Crippen LogP contribution in [0.25, 0.3) is 21.1 Å². The number of fused-ring (bicyclic) bond motifs is 3. The minimum Gasteiger partial charge on any atom is -0.478 e. The van der Waals surface area contributed by atoms with Gasteiger partial charge in [0, 0.05) is 5.39 Å². The zero-order valence-corrected chi connectivity index (χ0v) is 9.92. The highest BCUT2D eigenvalue weighted by atomic mass is 35.5. The fourth-order valence-corrected chi connectivity index (χ4v) is 2.81. The maximum absolute atomic E-state index is 10.9. The lowest BCUT2D eigenvalue weighted by Gasteiger charge is -2.01. The number of aromatic carboxylic acids is 1. The van der Waals surface area contributed by atoms with Crippen LogP contribution in [0.3, 0.4) is 0 Å². The van der Waals surface area contributed by atoms with Gasteiger partial charge in [-0.15, -0.1) is 11.3 Å². The molecule has 0 aliphatic rings. The number of benzene rings is 1. The van der Waals surface area contributed by atoms with E-state index in [-0.39, 0.29) is 5.56 Å². The normalized spacial score (nSPS) is 11.1. The molecule has 0 aliphatic heterocycles. The molecule has 0 atom stereocenters. The second-order valence-electron chi connectivity index (χ2n) is 3.47. The van der Waals surface area contributed by atoms with Gasteiger partial charge in [0.25, 0.3) is 0 Å². The zero-order valence-electron chi connectivity index (χ0n) is 8.35. The van der Waals surface area contributed by atoms with E-state index < -0.39 is 5.97 Å². The Labute approximate surface area is 104 Å². The van der Waals surface area contributed by atoms with E-state index in [0.29, 0.717) is 16.2 Å². The fourth-order valence-electron chi connectivity index (χ4n) is 1.69. The summed E-state index contributed by atoms with van der Waals surface area (Å²) in [6.45, 7) is 0. The summed E-state index contributed by atoms with van der Waals surface area (Å²) in [4.78, 5) is 19.2. The van der Waals surface area contributed by atoms with E-state index >= 15 is 0 Å². The number of thiazole rings is 1. The minimum absolute atomic E-state index is 0.199. The molecule has 0 fully saturated rings. The first-order chi connectivity index (χ1) is 8.16. The molecule has 0 aliphatic carbocycles. The van der Waals surface area contributed by atoms with Crippen LogP contribution in [-0.2, 0) is 0 Å². The Hall–Kier alpha value is -1.72. The fraction of sp³-hybridized carbons (Fsp3) is 0. The number of carboxylic acids is 1. The molecular formula is C11H5ClN2O2S. The van der Waals surface area contributed by atoms with Crippen LogP contribution in [0, 0.1) is 0 Å². The third-order valence-electron chi connectivity index (χ3n) is 2.47. The lowest BCUT2D eigenvalue weighted by molar-refractivity contribution is 0.0697. The second kappa shape index (κ2) is 3.65. The van der Waals surface area contributed by atoms with E-state index in [0.717, 1.165) is 10.1 Å². The molecule has 84 valence electrons. The van der Waals surface area contributed by atoms with Gasteiger partial charge in [-0.1, -0.05) is 17.7 Å². The first-order valence-electron chi connectivity index (χ1n) is 4.72. The first-order valence-corrected chi connectivity index (χ1v) is 5.98. The Morgan fingerprint density at radius 2 is 2.24 bits per heavy atom. The van der Waals surface area contributed by atoms with Crippen LogP contribution in [0.5, 0.6) is 0 Å². The van der Waals surface area contributed by atoms with Crippen LogP contribution >= 0.6 is 22.9 Å². The van der Waals surface area contributed by atoms with E-state index in [4.69, 9.17) is 16.7 Å². The summed E-state index contributed by atoms with van der Waals surface area (Å²) >= 11 is 7.46. The zero-order chi connectivity index (χ0) is 12.0. The topological polar surface area (TPSA) is 63.1 Å². The molecule has 1 N–H and O–H groups in total. The highest BCUT2D eigenvalue weighted by Gasteiger charge is 2.11. The van der Waals surface area contributed by atoms with Gasteiger partial charge in [-0.25, -0.2) is 14.8 Å². The van der Waals surface area contributed by atoms with Crippen LogP contribution in [0.1, 0.15) is 10.4 Å². The van der Waals surface area contributed by atoms with Crippen molar-refractivity contribution in [1.29, 1.82) is 0 Å². The van der Waals surface area contributed by atoms with Crippen molar-refractivity contribution >= 4 is 50.0 Å². The number of nitrogens with zero attached hydrogens (tertiary/aromatic N) is 2. The van der Waals surface area contributed by atoms with Crippen LogP contribution in [0.2, 0.25) is 5.15 Å². The average molecular weight is 265 g/mol. The molecule has 6 heteroatoms. The summed E-state index contributed by atoms with van der Waals surface area (Å²) in [7, 11) is 0. The summed E-state index contributed by atoms with van der Waals surface area (Å²) in [6.07, 6.45) is 0. The highest BCUT2D eigenvalue weighted by molar-refractivity contribution is 7.17. The Bertz CT molecular complexity index is 754. The highest BCUT2D eigenvalue weighted by Crippen LogP contribution is 2.31. The van der Waals surface area contributed by atoms with Crippen molar-refractivity contribution in [2.24, 2.45) is 0 Å². The van der Waals surface area contributed by atoms with Gasteiger partial charge in [0.15, 0.2) is 5.15 Å². The Morgan fingerprint density at radius 1 is 1.41 bits per heavy atom. The van der Waals surface area contributed by atoms with Crippen molar-refractivity contribution < 1.29 is 9.90 Å². The Kier molecular flexibility index (Phi) is 2.24. The van der Waals surface area contributed by atoms with Gasteiger partial charge >= 0.3 is 5.97 Å².